The molecule has 1 aromatic heterocycles. The Labute approximate surface area is 139 Å². The number of methoxy groups -OCH3 is 1. The van der Waals surface area contributed by atoms with E-state index in [9.17, 15) is 4.79 Å². The summed E-state index contributed by atoms with van der Waals surface area (Å²) in [5.74, 6) is 1.41. The highest BCUT2D eigenvalue weighted by Gasteiger charge is 2.26. The van der Waals surface area contributed by atoms with Crippen molar-refractivity contribution in [1.29, 1.82) is 0 Å². The predicted molar refractivity (Wildman–Crippen MR) is 90.8 cm³/mol. The average molecular weight is 332 g/mol. The molecule has 1 atom stereocenters. The number of nitrogens with zero attached hydrogens (tertiary/aromatic N) is 3. The number of hydrogen-bond acceptors (Lipinski definition) is 6. The molecule has 0 saturated carbocycles. The maximum absolute atomic E-state index is 12.4. The monoisotopic (exact) mass is 332 g/mol. The Kier molecular flexibility index (Phi) is 4.88. The molecular weight excluding hydrogens is 312 g/mol. The zero-order valence-corrected chi connectivity index (χ0v) is 14.1. The summed E-state index contributed by atoms with van der Waals surface area (Å²) >= 11 is 1.21. The van der Waals surface area contributed by atoms with Crippen LogP contribution in [0.1, 0.15) is 19.3 Å². The Hall–Kier alpha value is -1.99. The number of nitrogens with one attached hydrogen (secondary N) is 1. The lowest BCUT2D eigenvalue weighted by Crippen LogP contribution is -2.44. The third kappa shape index (κ3) is 3.68. The highest BCUT2D eigenvalue weighted by atomic mass is 32.1. The van der Waals surface area contributed by atoms with Gasteiger partial charge in [0, 0.05) is 17.1 Å². The number of carbonyl (C=O) groups excluding carboxylic acids is 1. The van der Waals surface area contributed by atoms with E-state index in [0.717, 1.165) is 37.1 Å². The lowest BCUT2D eigenvalue weighted by atomic mass is 10.0. The van der Waals surface area contributed by atoms with Gasteiger partial charge in [-0.3, -0.25) is 15.0 Å². The minimum Gasteiger partial charge on any atom is -0.497 e. The molecular formula is C16H20N4O2S. The lowest BCUT2D eigenvalue weighted by Gasteiger charge is -2.30. The highest BCUT2D eigenvalue weighted by Crippen LogP contribution is 2.24. The highest BCUT2D eigenvalue weighted by molar-refractivity contribution is 7.10. The van der Waals surface area contributed by atoms with Crippen molar-refractivity contribution >= 4 is 22.6 Å². The van der Waals surface area contributed by atoms with Crippen LogP contribution in [0.5, 0.6) is 5.75 Å². The van der Waals surface area contributed by atoms with E-state index in [0.29, 0.717) is 11.0 Å². The minimum absolute atomic E-state index is 0.00429. The van der Waals surface area contributed by atoms with Gasteiger partial charge in [-0.15, -0.1) is 0 Å². The largest absolute Gasteiger partial charge is 0.497 e. The van der Waals surface area contributed by atoms with Gasteiger partial charge in [-0.05, 0) is 50.7 Å². The number of anilines is 1. The summed E-state index contributed by atoms with van der Waals surface area (Å²) in [4.78, 5) is 18.9. The molecule has 0 aliphatic carbocycles. The van der Waals surface area contributed by atoms with Crippen LogP contribution in [0.2, 0.25) is 0 Å². The number of likely N-dealkylation sites (tertiary alicyclic amines) is 1. The SMILES string of the molecule is COc1ccc(-c2nsc(NC(=O)[C@H]3CCCCN3C)n2)cc1. The van der Waals surface area contributed by atoms with Crippen LogP contribution in [0.3, 0.4) is 0 Å². The topological polar surface area (TPSA) is 67.3 Å². The lowest BCUT2D eigenvalue weighted by molar-refractivity contribution is -0.121. The van der Waals surface area contributed by atoms with E-state index < -0.39 is 0 Å². The predicted octanol–water partition coefficient (Wildman–Crippen LogP) is 2.64. The smallest absolute Gasteiger partial charge is 0.243 e. The molecule has 122 valence electrons. The molecule has 2 aromatic rings. The van der Waals surface area contributed by atoms with Gasteiger partial charge in [0.05, 0.1) is 13.2 Å². The average Bonchev–Trinajstić information content (AvgIpc) is 3.03. The van der Waals surface area contributed by atoms with Crippen molar-refractivity contribution in [2.75, 3.05) is 26.0 Å². The number of likely N-dealkylation sites (N-methyl/N-ethyl adjacent to an activating group) is 1. The summed E-state index contributed by atoms with van der Waals surface area (Å²) in [5.41, 5.74) is 0.900. The number of benzene rings is 1. The second kappa shape index (κ2) is 7.06. The maximum Gasteiger partial charge on any atom is 0.243 e. The van der Waals surface area contributed by atoms with Crippen molar-refractivity contribution in [2.24, 2.45) is 0 Å². The fourth-order valence-corrected chi connectivity index (χ4v) is 3.32. The van der Waals surface area contributed by atoms with E-state index in [1.807, 2.05) is 31.3 Å². The van der Waals surface area contributed by atoms with Gasteiger partial charge in [-0.1, -0.05) is 6.42 Å². The van der Waals surface area contributed by atoms with Crippen LogP contribution in [-0.4, -0.2) is 46.9 Å². The van der Waals surface area contributed by atoms with Crippen LogP contribution in [0, 0.1) is 0 Å². The fourth-order valence-electron chi connectivity index (χ4n) is 2.73. The molecule has 1 fully saturated rings. The van der Waals surface area contributed by atoms with Gasteiger partial charge in [0.25, 0.3) is 0 Å². The molecule has 23 heavy (non-hydrogen) atoms. The van der Waals surface area contributed by atoms with Gasteiger partial charge in [0.15, 0.2) is 5.82 Å². The van der Waals surface area contributed by atoms with Gasteiger partial charge >= 0.3 is 0 Å². The second-order valence-corrected chi connectivity index (χ2v) is 6.38. The van der Waals surface area contributed by atoms with E-state index in [1.54, 1.807) is 7.11 Å². The van der Waals surface area contributed by atoms with Crippen LogP contribution >= 0.6 is 11.5 Å². The summed E-state index contributed by atoms with van der Waals surface area (Å²) in [6, 6.07) is 7.47. The normalized spacial score (nSPS) is 18.6. The van der Waals surface area contributed by atoms with Crippen molar-refractivity contribution < 1.29 is 9.53 Å². The van der Waals surface area contributed by atoms with Crippen molar-refractivity contribution in [3.05, 3.63) is 24.3 Å². The van der Waals surface area contributed by atoms with Crippen molar-refractivity contribution in [3.63, 3.8) is 0 Å². The molecule has 6 nitrogen and oxygen atoms in total. The number of aromatic nitrogens is 2. The van der Waals surface area contributed by atoms with Crippen LogP contribution in [-0.2, 0) is 4.79 Å². The number of carbonyl (C=O) groups is 1. The van der Waals surface area contributed by atoms with Gasteiger partial charge in [0.2, 0.25) is 11.0 Å². The minimum atomic E-state index is -0.0721. The van der Waals surface area contributed by atoms with Gasteiger partial charge in [-0.2, -0.15) is 9.36 Å². The standard InChI is InChI=1S/C16H20N4O2S/c1-20-10-4-3-5-13(20)15(21)18-16-17-14(19-23-16)11-6-8-12(22-2)9-7-11/h6-9,13H,3-5,10H2,1-2H3,(H,17,18,19,21)/t13-/m1/s1. The zero-order valence-electron chi connectivity index (χ0n) is 13.3. The maximum atomic E-state index is 12.4. The van der Waals surface area contributed by atoms with Crippen LogP contribution < -0.4 is 10.1 Å². The molecule has 2 heterocycles. The number of hydrogen-bond donors (Lipinski definition) is 1. The molecule has 1 aliphatic rings. The first-order valence-corrected chi connectivity index (χ1v) is 8.44. The Morgan fingerprint density at radius 1 is 1.35 bits per heavy atom. The van der Waals surface area contributed by atoms with Gasteiger partial charge < -0.3 is 4.74 Å². The van der Waals surface area contributed by atoms with Crippen LogP contribution in [0.15, 0.2) is 24.3 Å². The molecule has 0 radical (unpaired) electrons. The summed E-state index contributed by atoms with van der Waals surface area (Å²) in [6.45, 7) is 0.964. The van der Waals surface area contributed by atoms with Crippen molar-refractivity contribution in [3.8, 4) is 17.1 Å². The van der Waals surface area contributed by atoms with E-state index in [1.165, 1.54) is 11.5 Å². The summed E-state index contributed by atoms with van der Waals surface area (Å²) < 4.78 is 9.46. The fraction of sp³-hybridized carbons (Fsp3) is 0.438. The van der Waals surface area contributed by atoms with Crippen molar-refractivity contribution in [2.45, 2.75) is 25.3 Å². The van der Waals surface area contributed by atoms with Crippen LogP contribution in [0.25, 0.3) is 11.4 Å². The molecule has 1 aliphatic heterocycles. The first-order chi connectivity index (χ1) is 11.2. The molecule has 0 unspecified atom stereocenters. The Bertz CT molecular complexity index is 671. The summed E-state index contributed by atoms with van der Waals surface area (Å²) in [7, 11) is 3.62. The summed E-state index contributed by atoms with van der Waals surface area (Å²) in [6.07, 6.45) is 3.14. The van der Waals surface area contributed by atoms with Crippen molar-refractivity contribution in [1.82, 2.24) is 14.3 Å². The molecule has 1 aromatic carbocycles. The zero-order chi connectivity index (χ0) is 16.2. The third-order valence-electron chi connectivity index (χ3n) is 4.08. The number of amides is 1. The first-order valence-electron chi connectivity index (χ1n) is 7.66. The Balaban J connectivity index is 1.67. The molecule has 1 N–H and O–H groups in total. The Morgan fingerprint density at radius 2 is 2.13 bits per heavy atom. The molecule has 0 spiro atoms. The number of ether oxygens (including phenoxy) is 1. The van der Waals surface area contributed by atoms with Gasteiger partial charge in [0.1, 0.15) is 5.75 Å². The van der Waals surface area contributed by atoms with E-state index in [2.05, 4.69) is 19.6 Å². The number of rotatable bonds is 4. The second-order valence-electron chi connectivity index (χ2n) is 5.63. The molecule has 0 bridgehead atoms. The molecule has 1 amide bonds. The molecule has 1 saturated heterocycles. The van der Waals surface area contributed by atoms with E-state index in [-0.39, 0.29) is 11.9 Å². The number of piperidine rings is 1. The van der Waals surface area contributed by atoms with E-state index in [4.69, 9.17) is 4.74 Å². The Morgan fingerprint density at radius 3 is 2.83 bits per heavy atom. The third-order valence-corrected chi connectivity index (χ3v) is 4.71. The first kappa shape index (κ1) is 15.9. The van der Waals surface area contributed by atoms with Crippen LogP contribution in [0.4, 0.5) is 5.13 Å². The van der Waals surface area contributed by atoms with E-state index >= 15 is 0 Å². The molecule has 3 rings (SSSR count). The van der Waals surface area contributed by atoms with Gasteiger partial charge in [-0.25, -0.2) is 0 Å². The quantitative estimate of drug-likeness (QED) is 0.932. The summed E-state index contributed by atoms with van der Waals surface area (Å²) in [5, 5.41) is 3.44. The molecule has 7 heteroatoms.